The molecule has 0 heterocycles. The Morgan fingerprint density at radius 3 is 1.67 bits per heavy atom. The van der Waals surface area contributed by atoms with Crippen LogP contribution >= 0.6 is 0 Å². The van der Waals surface area contributed by atoms with Gasteiger partial charge in [0, 0.05) is 0 Å². The molecule has 0 aromatic rings. The van der Waals surface area contributed by atoms with Gasteiger partial charge in [0.1, 0.15) is 0 Å². The van der Waals surface area contributed by atoms with Crippen LogP contribution in [-0.2, 0) is 0 Å². The van der Waals surface area contributed by atoms with Crippen LogP contribution in [0, 0.1) is 6.58 Å². The van der Waals surface area contributed by atoms with Crippen molar-refractivity contribution in [2.75, 3.05) is 0 Å². The van der Waals surface area contributed by atoms with Gasteiger partial charge in [0.05, 0.1) is 0 Å². The van der Waals surface area contributed by atoms with Crippen molar-refractivity contribution < 1.29 is 17.0 Å². The van der Waals surface area contributed by atoms with E-state index in [1.54, 1.807) is 0 Å². The first-order valence-corrected chi connectivity index (χ1v) is 5.94. The Morgan fingerprint density at radius 1 is 1.33 bits per heavy atom. The van der Waals surface area contributed by atoms with E-state index in [0.29, 0.717) is 0 Å². The van der Waals surface area contributed by atoms with E-state index in [1.165, 1.54) is 0 Å². The fourth-order valence-corrected chi connectivity index (χ4v) is 0.750. The minimum atomic E-state index is -1.02. The average Bonchev–Trinajstić information content (AvgIpc) is 1.30. The zero-order valence-corrected chi connectivity index (χ0v) is 10.2. The second-order valence-corrected chi connectivity index (χ2v) is 7.70. The van der Waals surface area contributed by atoms with Gasteiger partial charge in [-0.05, 0) is 8.07 Å². The molecular weight excluding hydrogens is 204 g/mol. The normalized spacial score (nSPS) is 7.89. The molecule has 0 aliphatic carbocycles. The molecule has 0 aliphatic rings. The van der Waals surface area contributed by atoms with Crippen LogP contribution in [0.15, 0.2) is 11.4 Å². The number of rotatable bonds is 1. The quantitative estimate of drug-likeness (QED) is 0.288. The molecule has 0 aromatic carbocycles. The van der Waals surface area contributed by atoms with Crippen LogP contribution in [0.5, 0.6) is 0 Å². The summed E-state index contributed by atoms with van der Waals surface area (Å²) in [6.45, 7) is 11.7. The molecule has 0 rings (SSSR count). The van der Waals surface area contributed by atoms with Gasteiger partial charge in [-0.2, -0.15) is 5.70 Å². The van der Waals surface area contributed by atoms with Crippen molar-refractivity contribution in [1.82, 2.24) is 0 Å². The standard InChI is InChI=1S/C6H11Si.BrH.Mg/c1-5-6-7(2,3)4;;/h1,6H,2-4H3;1H;/q-1;;+2/p-1. The molecule has 3 heteroatoms. The third-order valence-electron chi connectivity index (χ3n) is 0.516. The fraction of sp³-hybridized carbons (Fsp3) is 0.500. The third-order valence-corrected chi connectivity index (χ3v) is 1.55. The Morgan fingerprint density at radius 2 is 1.67 bits per heavy atom. The van der Waals surface area contributed by atoms with Crippen molar-refractivity contribution in [3.05, 3.63) is 18.0 Å². The predicted molar refractivity (Wildman–Crippen MR) is 41.5 cm³/mol. The Hall–Kier alpha value is 0.983. The second kappa shape index (κ2) is 7.09. The Bertz CT molecular complexity index is 100. The van der Waals surface area contributed by atoms with Crippen molar-refractivity contribution in [1.29, 1.82) is 0 Å². The zero-order chi connectivity index (χ0) is 5.91. The molecule has 0 saturated carbocycles. The number of hydrogen-bond donors (Lipinski definition) is 0. The van der Waals surface area contributed by atoms with Gasteiger partial charge in [0.2, 0.25) is 0 Å². The maximum absolute atomic E-state index is 5.04. The Kier molecular flexibility index (Phi) is 13.0. The first-order chi connectivity index (χ1) is 3.06. The Labute approximate surface area is 85.3 Å². The molecule has 0 radical (unpaired) electrons. The minimum absolute atomic E-state index is 0. The SMILES string of the molecule is [Br-].[CH-]=C=C[Si](C)(C)C.[Mg+2]. The molecule has 0 N–H and O–H groups in total. The summed E-state index contributed by atoms with van der Waals surface area (Å²) in [5.41, 5.74) is 4.52. The van der Waals surface area contributed by atoms with E-state index in [0.717, 1.165) is 0 Å². The van der Waals surface area contributed by atoms with Crippen molar-refractivity contribution >= 4 is 31.1 Å². The van der Waals surface area contributed by atoms with E-state index < -0.39 is 8.07 Å². The molecule has 0 spiro atoms. The van der Waals surface area contributed by atoms with Gasteiger partial charge >= 0.3 is 23.1 Å². The molecule has 9 heavy (non-hydrogen) atoms. The van der Waals surface area contributed by atoms with Crippen LogP contribution in [0.3, 0.4) is 0 Å². The van der Waals surface area contributed by atoms with Gasteiger partial charge in [0.25, 0.3) is 0 Å². The van der Waals surface area contributed by atoms with Crippen molar-refractivity contribution in [2.45, 2.75) is 19.6 Å². The van der Waals surface area contributed by atoms with Crippen LogP contribution in [0.4, 0.5) is 0 Å². The summed E-state index contributed by atoms with van der Waals surface area (Å²) in [7, 11) is -1.02. The van der Waals surface area contributed by atoms with Gasteiger partial charge in [-0.1, -0.05) is 19.6 Å². The van der Waals surface area contributed by atoms with Crippen LogP contribution in [-0.4, -0.2) is 31.1 Å². The van der Waals surface area contributed by atoms with E-state index in [-0.39, 0.29) is 40.0 Å². The monoisotopic (exact) mass is 214 g/mol. The van der Waals surface area contributed by atoms with Crippen LogP contribution < -0.4 is 17.0 Å². The molecule has 0 aromatic heterocycles. The summed E-state index contributed by atoms with van der Waals surface area (Å²) in [6, 6.07) is 0. The minimum Gasteiger partial charge on any atom is -1.00 e. The largest absolute Gasteiger partial charge is 2.00 e. The topological polar surface area (TPSA) is 0 Å². The zero-order valence-electron chi connectivity index (χ0n) is 6.24. The molecule has 48 valence electrons. The van der Waals surface area contributed by atoms with Gasteiger partial charge in [-0.25, -0.2) is 6.58 Å². The number of halogens is 1. The van der Waals surface area contributed by atoms with E-state index in [9.17, 15) is 0 Å². The summed E-state index contributed by atoms with van der Waals surface area (Å²) in [5.74, 6) is 0. The molecular formula is C6H11BrMgSi. The second-order valence-electron chi connectivity index (χ2n) is 2.68. The van der Waals surface area contributed by atoms with Gasteiger partial charge in [-0.3, -0.25) is 0 Å². The molecule has 0 atom stereocenters. The van der Waals surface area contributed by atoms with E-state index in [4.69, 9.17) is 6.58 Å². The third kappa shape index (κ3) is 17.6. The molecule has 0 bridgehead atoms. The van der Waals surface area contributed by atoms with E-state index in [2.05, 4.69) is 25.4 Å². The maximum atomic E-state index is 5.04. The van der Waals surface area contributed by atoms with Crippen LogP contribution in [0.25, 0.3) is 0 Å². The summed E-state index contributed by atoms with van der Waals surface area (Å²) < 4.78 is 0. The summed E-state index contributed by atoms with van der Waals surface area (Å²) in [4.78, 5) is 0. The summed E-state index contributed by atoms with van der Waals surface area (Å²) >= 11 is 0. The van der Waals surface area contributed by atoms with Crippen LogP contribution in [0.1, 0.15) is 0 Å². The Balaban J connectivity index is -0.000000180. The first kappa shape index (κ1) is 16.5. The summed E-state index contributed by atoms with van der Waals surface area (Å²) in [6.07, 6.45) is 0. The average molecular weight is 215 g/mol. The number of hydrogen-bond acceptors (Lipinski definition) is 0. The van der Waals surface area contributed by atoms with Crippen molar-refractivity contribution in [3.63, 3.8) is 0 Å². The van der Waals surface area contributed by atoms with Gasteiger partial charge in [0.15, 0.2) is 0 Å². The first-order valence-electron chi connectivity index (χ1n) is 2.37. The molecule has 0 unspecified atom stereocenters. The maximum Gasteiger partial charge on any atom is 2.00 e. The summed E-state index contributed by atoms with van der Waals surface area (Å²) in [5, 5.41) is 0. The van der Waals surface area contributed by atoms with E-state index in [1.807, 2.05) is 5.70 Å². The molecule has 0 nitrogen and oxygen atoms in total. The molecule has 0 aliphatic heterocycles. The van der Waals surface area contributed by atoms with Crippen molar-refractivity contribution in [3.8, 4) is 0 Å². The fourth-order valence-electron chi connectivity index (χ4n) is 0.250. The van der Waals surface area contributed by atoms with Crippen molar-refractivity contribution in [2.24, 2.45) is 0 Å². The van der Waals surface area contributed by atoms with E-state index >= 15 is 0 Å². The molecule has 0 amide bonds. The smallest absolute Gasteiger partial charge is 1.00 e. The predicted octanol–water partition coefficient (Wildman–Crippen LogP) is -1.37. The molecule has 0 saturated heterocycles. The molecule has 0 fully saturated rings. The van der Waals surface area contributed by atoms with Crippen LogP contribution in [0.2, 0.25) is 19.6 Å². The van der Waals surface area contributed by atoms with Gasteiger partial charge < -0.3 is 22.7 Å². The van der Waals surface area contributed by atoms with Gasteiger partial charge in [-0.15, -0.1) is 0 Å².